The zero-order chi connectivity index (χ0) is 14.5. The molecule has 0 amide bonds. The van der Waals surface area contributed by atoms with Crippen LogP contribution in [0.4, 0.5) is 0 Å². The third-order valence-electron chi connectivity index (χ3n) is 2.64. The van der Waals surface area contributed by atoms with Crippen molar-refractivity contribution < 1.29 is 13.5 Å². The standard InChI is InChI=1S/C12H15ClN2O3S/c1-2-10(5-6-16)15-19(17,18)12-4-3-9(8-14)7-11(12)13/h3-4,7,10,15-16H,2,5-6H2,1H3. The molecule has 19 heavy (non-hydrogen) atoms. The van der Waals surface area contributed by atoms with Gasteiger partial charge >= 0.3 is 0 Å². The summed E-state index contributed by atoms with van der Waals surface area (Å²) in [7, 11) is -3.75. The highest BCUT2D eigenvalue weighted by atomic mass is 35.5. The molecular weight excluding hydrogens is 288 g/mol. The molecule has 0 spiro atoms. The van der Waals surface area contributed by atoms with Crippen LogP contribution >= 0.6 is 11.6 Å². The molecule has 0 radical (unpaired) electrons. The molecule has 1 unspecified atom stereocenters. The lowest BCUT2D eigenvalue weighted by molar-refractivity contribution is 0.270. The Morgan fingerprint density at radius 2 is 2.21 bits per heavy atom. The molecule has 0 aliphatic rings. The molecule has 0 aliphatic carbocycles. The average molecular weight is 303 g/mol. The van der Waals surface area contributed by atoms with Gasteiger partial charge in [-0.3, -0.25) is 0 Å². The van der Waals surface area contributed by atoms with Gasteiger partial charge in [-0.25, -0.2) is 13.1 Å². The Morgan fingerprint density at radius 3 is 2.68 bits per heavy atom. The highest BCUT2D eigenvalue weighted by molar-refractivity contribution is 7.89. The highest BCUT2D eigenvalue weighted by Gasteiger charge is 2.21. The number of benzene rings is 1. The minimum absolute atomic E-state index is 0.00500. The molecule has 7 heteroatoms. The van der Waals surface area contributed by atoms with Crippen molar-refractivity contribution >= 4 is 21.6 Å². The second-order valence-corrected chi connectivity index (χ2v) is 6.09. The Morgan fingerprint density at radius 1 is 1.53 bits per heavy atom. The molecule has 104 valence electrons. The van der Waals surface area contributed by atoms with Crippen LogP contribution in [0, 0.1) is 11.3 Å². The number of hydrogen-bond donors (Lipinski definition) is 2. The molecule has 1 rings (SSSR count). The predicted molar refractivity (Wildman–Crippen MR) is 72.3 cm³/mol. The lowest BCUT2D eigenvalue weighted by Gasteiger charge is -2.16. The average Bonchev–Trinajstić information content (AvgIpc) is 2.37. The Labute approximate surface area is 117 Å². The molecule has 1 atom stereocenters. The van der Waals surface area contributed by atoms with Gasteiger partial charge in [-0.05, 0) is 31.0 Å². The fourth-order valence-corrected chi connectivity index (χ4v) is 3.47. The van der Waals surface area contributed by atoms with Gasteiger partial charge in [-0.2, -0.15) is 5.26 Å². The van der Waals surface area contributed by atoms with Gasteiger partial charge in [0, 0.05) is 12.6 Å². The topological polar surface area (TPSA) is 90.2 Å². The van der Waals surface area contributed by atoms with Gasteiger partial charge in [0.15, 0.2) is 0 Å². The van der Waals surface area contributed by atoms with Crippen molar-refractivity contribution in [1.82, 2.24) is 4.72 Å². The summed E-state index contributed by atoms with van der Waals surface area (Å²) in [5, 5.41) is 17.6. The number of aliphatic hydroxyl groups excluding tert-OH is 1. The maximum absolute atomic E-state index is 12.1. The zero-order valence-electron chi connectivity index (χ0n) is 10.4. The van der Waals surface area contributed by atoms with E-state index in [4.69, 9.17) is 22.0 Å². The maximum atomic E-state index is 12.1. The number of nitrogens with one attached hydrogen (secondary N) is 1. The fraction of sp³-hybridized carbons (Fsp3) is 0.417. The second kappa shape index (κ2) is 6.87. The van der Waals surface area contributed by atoms with E-state index in [9.17, 15) is 8.42 Å². The summed E-state index contributed by atoms with van der Waals surface area (Å²) < 4.78 is 26.8. The number of nitrogens with zero attached hydrogens (tertiary/aromatic N) is 1. The second-order valence-electron chi connectivity index (χ2n) is 4.00. The first-order chi connectivity index (χ1) is 8.94. The third-order valence-corrected chi connectivity index (χ3v) is 4.65. The first kappa shape index (κ1) is 15.9. The molecule has 1 aromatic carbocycles. The van der Waals surface area contributed by atoms with E-state index in [1.54, 1.807) is 0 Å². The van der Waals surface area contributed by atoms with Crippen LogP contribution in [0.2, 0.25) is 5.02 Å². The van der Waals surface area contributed by atoms with E-state index in [0.29, 0.717) is 18.4 Å². The molecule has 0 fully saturated rings. The lowest BCUT2D eigenvalue weighted by atomic mass is 10.2. The van der Waals surface area contributed by atoms with Crippen LogP contribution in [0.25, 0.3) is 0 Å². The van der Waals surface area contributed by atoms with E-state index in [-0.39, 0.29) is 22.6 Å². The van der Waals surface area contributed by atoms with Crippen molar-refractivity contribution in [3.63, 3.8) is 0 Å². The monoisotopic (exact) mass is 302 g/mol. The van der Waals surface area contributed by atoms with Gasteiger partial charge < -0.3 is 5.11 Å². The lowest BCUT2D eigenvalue weighted by Crippen LogP contribution is -2.35. The maximum Gasteiger partial charge on any atom is 0.242 e. The fourth-order valence-electron chi connectivity index (χ4n) is 1.57. The summed E-state index contributed by atoms with van der Waals surface area (Å²) in [5.41, 5.74) is 0.298. The van der Waals surface area contributed by atoms with E-state index < -0.39 is 10.0 Å². The van der Waals surface area contributed by atoms with Crippen LogP contribution in [0.1, 0.15) is 25.3 Å². The molecule has 1 aromatic rings. The summed E-state index contributed by atoms with van der Waals surface area (Å²) in [6.07, 6.45) is 0.900. The van der Waals surface area contributed by atoms with E-state index in [0.717, 1.165) is 0 Å². The van der Waals surface area contributed by atoms with Crippen molar-refractivity contribution in [1.29, 1.82) is 5.26 Å². The zero-order valence-corrected chi connectivity index (χ0v) is 12.0. The summed E-state index contributed by atoms with van der Waals surface area (Å²) in [6.45, 7) is 1.73. The van der Waals surface area contributed by atoms with Crippen molar-refractivity contribution in [3.05, 3.63) is 28.8 Å². The Balaban J connectivity index is 3.04. The van der Waals surface area contributed by atoms with Gasteiger partial charge in [-0.1, -0.05) is 18.5 Å². The molecule has 0 aliphatic heterocycles. The molecule has 2 N–H and O–H groups in total. The van der Waals surface area contributed by atoms with E-state index >= 15 is 0 Å². The summed E-state index contributed by atoms with van der Waals surface area (Å²) in [5.74, 6) is 0. The number of halogens is 1. The van der Waals surface area contributed by atoms with Crippen LogP contribution in [0.5, 0.6) is 0 Å². The smallest absolute Gasteiger partial charge is 0.242 e. The molecule has 5 nitrogen and oxygen atoms in total. The Kier molecular flexibility index (Phi) is 5.76. The van der Waals surface area contributed by atoms with Crippen molar-refractivity contribution in [3.8, 4) is 6.07 Å². The minimum Gasteiger partial charge on any atom is -0.396 e. The van der Waals surface area contributed by atoms with E-state index in [1.807, 2.05) is 13.0 Å². The Hall–Kier alpha value is -1.13. The molecule has 0 saturated carbocycles. The first-order valence-corrected chi connectivity index (χ1v) is 7.63. The predicted octanol–water partition coefficient (Wildman–Crippen LogP) is 1.65. The van der Waals surface area contributed by atoms with Crippen LogP contribution < -0.4 is 4.72 Å². The van der Waals surface area contributed by atoms with Gasteiger partial charge in [0.05, 0.1) is 16.7 Å². The number of hydrogen-bond acceptors (Lipinski definition) is 4. The van der Waals surface area contributed by atoms with E-state index in [2.05, 4.69) is 4.72 Å². The van der Waals surface area contributed by atoms with Crippen LogP contribution in [0.3, 0.4) is 0 Å². The van der Waals surface area contributed by atoms with Crippen molar-refractivity contribution in [2.24, 2.45) is 0 Å². The van der Waals surface area contributed by atoms with Gasteiger partial charge in [-0.15, -0.1) is 0 Å². The van der Waals surface area contributed by atoms with Gasteiger partial charge in [0.25, 0.3) is 0 Å². The number of nitriles is 1. The Bertz CT molecular complexity index is 581. The largest absolute Gasteiger partial charge is 0.396 e. The molecule has 0 heterocycles. The summed E-state index contributed by atoms with van der Waals surface area (Å²) >= 11 is 5.88. The molecule has 0 bridgehead atoms. The SMILES string of the molecule is CCC(CCO)NS(=O)(=O)c1ccc(C#N)cc1Cl. The first-order valence-electron chi connectivity index (χ1n) is 5.77. The van der Waals surface area contributed by atoms with Crippen molar-refractivity contribution in [2.75, 3.05) is 6.61 Å². The third kappa shape index (κ3) is 4.18. The highest BCUT2D eigenvalue weighted by Crippen LogP contribution is 2.23. The van der Waals surface area contributed by atoms with E-state index in [1.165, 1.54) is 18.2 Å². The van der Waals surface area contributed by atoms with Crippen LogP contribution in [-0.4, -0.2) is 26.2 Å². The molecular formula is C12H15ClN2O3S. The van der Waals surface area contributed by atoms with Crippen molar-refractivity contribution in [2.45, 2.75) is 30.7 Å². The van der Waals surface area contributed by atoms with Crippen LogP contribution in [-0.2, 0) is 10.0 Å². The molecule has 0 saturated heterocycles. The summed E-state index contributed by atoms with van der Waals surface area (Å²) in [6, 6.07) is 5.55. The minimum atomic E-state index is -3.75. The van der Waals surface area contributed by atoms with Gasteiger partial charge in [0.2, 0.25) is 10.0 Å². The molecule has 0 aromatic heterocycles. The van der Waals surface area contributed by atoms with Crippen LogP contribution in [0.15, 0.2) is 23.1 Å². The number of rotatable bonds is 6. The number of aliphatic hydroxyl groups is 1. The summed E-state index contributed by atoms with van der Waals surface area (Å²) in [4.78, 5) is -0.0652. The number of sulfonamides is 1. The normalized spacial score (nSPS) is 12.9. The van der Waals surface area contributed by atoms with Gasteiger partial charge in [0.1, 0.15) is 4.90 Å². The quantitative estimate of drug-likeness (QED) is 0.836.